The molecule has 9 nitrogen and oxygen atoms in total. The maximum absolute atomic E-state index is 12.5. The highest BCUT2D eigenvalue weighted by Gasteiger charge is 2.12. The molecule has 2 heterocycles. The van der Waals surface area contributed by atoms with E-state index < -0.39 is 4.92 Å². The Morgan fingerprint density at radius 1 is 1.13 bits per heavy atom. The second-order valence-corrected chi connectivity index (χ2v) is 6.68. The van der Waals surface area contributed by atoms with Gasteiger partial charge in [0, 0.05) is 43.0 Å². The van der Waals surface area contributed by atoms with Crippen LogP contribution in [0.3, 0.4) is 0 Å². The smallest absolute Gasteiger partial charge is 0.276 e. The van der Waals surface area contributed by atoms with Crippen molar-refractivity contribution in [2.75, 3.05) is 5.32 Å². The van der Waals surface area contributed by atoms with Crippen molar-refractivity contribution in [2.45, 2.75) is 13.5 Å². The van der Waals surface area contributed by atoms with Crippen molar-refractivity contribution in [3.05, 3.63) is 100 Å². The van der Waals surface area contributed by atoms with Crippen LogP contribution in [0, 0.1) is 17.0 Å². The lowest BCUT2D eigenvalue weighted by molar-refractivity contribution is -0.384. The number of nitrogens with zero attached hydrogens (tertiary/aromatic N) is 5. The molecular formula is C21H18N6O3. The summed E-state index contributed by atoms with van der Waals surface area (Å²) in [5.74, 6) is 0.573. The Labute approximate surface area is 171 Å². The molecule has 0 fully saturated rings. The molecule has 2 aromatic carbocycles. The van der Waals surface area contributed by atoms with Crippen LogP contribution >= 0.6 is 0 Å². The van der Waals surface area contributed by atoms with E-state index in [9.17, 15) is 14.9 Å². The zero-order chi connectivity index (χ0) is 21.1. The van der Waals surface area contributed by atoms with Gasteiger partial charge in [-0.25, -0.2) is 9.67 Å². The molecule has 1 amide bonds. The van der Waals surface area contributed by atoms with Gasteiger partial charge in [0.05, 0.1) is 10.6 Å². The molecule has 1 N–H and O–H groups in total. The van der Waals surface area contributed by atoms with Gasteiger partial charge in [-0.3, -0.25) is 14.9 Å². The average Bonchev–Trinajstić information content (AvgIpc) is 3.39. The van der Waals surface area contributed by atoms with Crippen LogP contribution in [0.25, 0.3) is 5.69 Å². The molecule has 0 saturated carbocycles. The van der Waals surface area contributed by atoms with Crippen LogP contribution in [-0.2, 0) is 6.54 Å². The fourth-order valence-electron chi connectivity index (χ4n) is 2.99. The molecule has 0 bridgehead atoms. The summed E-state index contributed by atoms with van der Waals surface area (Å²) in [6, 6.07) is 15.2. The molecule has 4 rings (SSSR count). The number of imidazole rings is 1. The van der Waals surface area contributed by atoms with Crippen LogP contribution in [-0.4, -0.2) is 30.2 Å². The quantitative estimate of drug-likeness (QED) is 0.392. The molecule has 9 heteroatoms. The Balaban J connectivity index is 1.44. The topological polar surface area (TPSA) is 108 Å². The summed E-state index contributed by atoms with van der Waals surface area (Å²) in [5, 5.41) is 18.0. The summed E-state index contributed by atoms with van der Waals surface area (Å²) in [7, 11) is 0. The van der Waals surface area contributed by atoms with Crippen LogP contribution in [0.5, 0.6) is 0 Å². The minimum Gasteiger partial charge on any atom is -0.331 e. The van der Waals surface area contributed by atoms with Crippen molar-refractivity contribution in [1.29, 1.82) is 0 Å². The van der Waals surface area contributed by atoms with E-state index in [2.05, 4.69) is 15.4 Å². The normalized spacial score (nSPS) is 10.7. The number of nitrogens with one attached hydrogen (secondary N) is 1. The van der Waals surface area contributed by atoms with Crippen LogP contribution in [0.1, 0.15) is 21.9 Å². The van der Waals surface area contributed by atoms with Gasteiger partial charge in [-0.05, 0) is 36.8 Å². The highest BCUT2D eigenvalue weighted by molar-refractivity contribution is 6.02. The monoisotopic (exact) mass is 402 g/mol. The molecule has 0 aliphatic rings. The maximum Gasteiger partial charge on any atom is 0.276 e. The van der Waals surface area contributed by atoms with E-state index in [1.807, 2.05) is 42.0 Å². The van der Waals surface area contributed by atoms with E-state index in [1.54, 1.807) is 30.6 Å². The third-order valence-corrected chi connectivity index (χ3v) is 4.62. The molecule has 2 aromatic heterocycles. The first kappa shape index (κ1) is 19.1. The van der Waals surface area contributed by atoms with E-state index in [4.69, 9.17) is 0 Å². The molecule has 0 aliphatic carbocycles. The number of benzene rings is 2. The lowest BCUT2D eigenvalue weighted by atomic mass is 10.2. The fourth-order valence-corrected chi connectivity index (χ4v) is 2.99. The van der Waals surface area contributed by atoms with Crippen molar-refractivity contribution in [3.8, 4) is 5.69 Å². The Bertz CT molecular complexity index is 1210. The highest BCUT2D eigenvalue weighted by Crippen LogP contribution is 2.17. The third-order valence-electron chi connectivity index (χ3n) is 4.62. The summed E-state index contributed by atoms with van der Waals surface area (Å²) in [5.41, 5.74) is 2.40. The van der Waals surface area contributed by atoms with Crippen molar-refractivity contribution in [1.82, 2.24) is 19.3 Å². The first-order chi connectivity index (χ1) is 14.5. The van der Waals surface area contributed by atoms with Crippen LogP contribution in [0.15, 0.2) is 73.2 Å². The van der Waals surface area contributed by atoms with Gasteiger partial charge in [0.25, 0.3) is 11.6 Å². The largest absolute Gasteiger partial charge is 0.331 e. The average molecular weight is 402 g/mol. The van der Waals surface area contributed by atoms with E-state index >= 15 is 0 Å². The molecule has 0 radical (unpaired) electrons. The number of nitro benzene ring substituents is 1. The van der Waals surface area contributed by atoms with E-state index in [0.717, 1.165) is 11.4 Å². The number of amides is 1. The fraction of sp³-hybridized carbons (Fsp3) is 0.0952. The molecule has 0 unspecified atom stereocenters. The number of aromatic nitrogens is 4. The van der Waals surface area contributed by atoms with Crippen LogP contribution in [0.2, 0.25) is 0 Å². The number of rotatable bonds is 6. The number of hydrogen-bond donors (Lipinski definition) is 1. The van der Waals surface area contributed by atoms with Crippen LogP contribution < -0.4 is 5.32 Å². The molecule has 0 aliphatic heterocycles. The summed E-state index contributed by atoms with van der Waals surface area (Å²) in [6.45, 7) is 2.65. The number of carbonyl (C=O) groups is 1. The van der Waals surface area contributed by atoms with Crippen LogP contribution in [0.4, 0.5) is 11.4 Å². The van der Waals surface area contributed by atoms with Gasteiger partial charge >= 0.3 is 0 Å². The van der Waals surface area contributed by atoms with Gasteiger partial charge in [0.15, 0.2) is 5.69 Å². The van der Waals surface area contributed by atoms with Gasteiger partial charge in [0.1, 0.15) is 5.82 Å². The lowest BCUT2D eigenvalue weighted by Crippen LogP contribution is -2.13. The number of anilines is 1. The Kier molecular flexibility index (Phi) is 5.08. The van der Waals surface area contributed by atoms with Crippen molar-refractivity contribution in [3.63, 3.8) is 0 Å². The summed E-state index contributed by atoms with van der Waals surface area (Å²) < 4.78 is 3.46. The van der Waals surface area contributed by atoms with Crippen molar-refractivity contribution in [2.24, 2.45) is 0 Å². The SMILES string of the molecule is Cc1nccn1Cc1ccc(NC(=O)c2ccn(-c3cccc([N+](=O)[O-])c3)n2)cc1. The predicted octanol–water partition coefficient (Wildman–Crippen LogP) is 3.59. The summed E-state index contributed by atoms with van der Waals surface area (Å²) >= 11 is 0. The van der Waals surface area contributed by atoms with Gasteiger partial charge in [-0.1, -0.05) is 18.2 Å². The van der Waals surface area contributed by atoms with Gasteiger partial charge in [-0.15, -0.1) is 0 Å². The third kappa shape index (κ3) is 4.09. The second-order valence-electron chi connectivity index (χ2n) is 6.68. The van der Waals surface area contributed by atoms with Crippen molar-refractivity contribution < 1.29 is 9.72 Å². The van der Waals surface area contributed by atoms with E-state index in [-0.39, 0.29) is 17.3 Å². The zero-order valence-electron chi connectivity index (χ0n) is 16.1. The molecular weight excluding hydrogens is 384 g/mol. The first-order valence-corrected chi connectivity index (χ1v) is 9.18. The molecule has 4 aromatic rings. The second kappa shape index (κ2) is 8.00. The van der Waals surface area contributed by atoms with E-state index in [1.165, 1.54) is 16.8 Å². The minimum atomic E-state index is -0.474. The van der Waals surface area contributed by atoms with E-state index in [0.29, 0.717) is 17.9 Å². The first-order valence-electron chi connectivity index (χ1n) is 9.18. The molecule has 0 saturated heterocycles. The molecule has 0 spiro atoms. The number of carbonyl (C=O) groups excluding carboxylic acids is 1. The van der Waals surface area contributed by atoms with Gasteiger partial charge < -0.3 is 9.88 Å². The maximum atomic E-state index is 12.5. The van der Waals surface area contributed by atoms with Crippen molar-refractivity contribution >= 4 is 17.3 Å². The minimum absolute atomic E-state index is 0.0417. The summed E-state index contributed by atoms with van der Waals surface area (Å²) in [6.07, 6.45) is 5.27. The number of non-ortho nitro benzene ring substituents is 1. The zero-order valence-corrected chi connectivity index (χ0v) is 16.1. The molecule has 30 heavy (non-hydrogen) atoms. The number of nitro groups is 1. The number of hydrogen-bond acceptors (Lipinski definition) is 5. The summed E-state index contributed by atoms with van der Waals surface area (Å²) in [4.78, 5) is 27.2. The number of aryl methyl sites for hydroxylation is 1. The highest BCUT2D eigenvalue weighted by atomic mass is 16.6. The molecule has 0 atom stereocenters. The Morgan fingerprint density at radius 2 is 1.93 bits per heavy atom. The lowest BCUT2D eigenvalue weighted by Gasteiger charge is -2.07. The molecule has 150 valence electrons. The predicted molar refractivity (Wildman–Crippen MR) is 111 cm³/mol. The van der Waals surface area contributed by atoms with Gasteiger partial charge in [0.2, 0.25) is 0 Å². The standard InChI is InChI=1S/C21H18N6O3/c1-15-22-10-12-25(15)14-16-5-7-17(8-6-16)23-21(28)20-9-11-26(24-20)18-3-2-4-19(13-18)27(29)30/h2-13H,14H2,1H3,(H,23,28). The Morgan fingerprint density at radius 3 is 2.63 bits per heavy atom. The Hall–Kier alpha value is -4.27. The van der Waals surface area contributed by atoms with Gasteiger partial charge in [-0.2, -0.15) is 5.10 Å².